The van der Waals surface area contributed by atoms with Gasteiger partial charge in [-0.1, -0.05) is 13.0 Å². The molecule has 206 valence electrons. The number of carbonyl (C=O) groups excluding carboxylic acids is 1. The number of ether oxygens (including phenoxy) is 1. The summed E-state index contributed by atoms with van der Waals surface area (Å²) in [5.41, 5.74) is -0.131. The van der Waals surface area contributed by atoms with Crippen LogP contribution in [0.5, 0.6) is 11.5 Å². The smallest absolute Gasteiger partial charge is 0.420 e. The molecule has 0 bridgehead atoms. The summed E-state index contributed by atoms with van der Waals surface area (Å²) in [5, 5.41) is 9.98. The van der Waals surface area contributed by atoms with E-state index in [4.69, 9.17) is 4.74 Å². The van der Waals surface area contributed by atoms with Crippen molar-refractivity contribution in [3.8, 4) is 22.6 Å². The Balaban J connectivity index is 1.68. The molecule has 0 saturated heterocycles. The Hall–Kier alpha value is -3.88. The van der Waals surface area contributed by atoms with Crippen molar-refractivity contribution in [3.63, 3.8) is 0 Å². The molecular formula is C30H31F3N2O4. The predicted molar refractivity (Wildman–Crippen MR) is 142 cm³/mol. The summed E-state index contributed by atoms with van der Waals surface area (Å²) in [4.78, 5) is 31.1. The molecule has 1 aliphatic carbocycles. The Morgan fingerprint density at radius 3 is 2.23 bits per heavy atom. The zero-order valence-electron chi connectivity index (χ0n) is 22.0. The number of nitrogens with zero attached hydrogens (tertiary/aromatic N) is 2. The molecule has 1 aromatic heterocycles. The van der Waals surface area contributed by atoms with E-state index in [1.807, 2.05) is 0 Å². The molecule has 1 N–H and O–H groups in total. The van der Waals surface area contributed by atoms with Crippen molar-refractivity contribution in [3.05, 3.63) is 72.1 Å². The number of benzene rings is 2. The van der Waals surface area contributed by atoms with Crippen LogP contribution in [0.3, 0.4) is 0 Å². The first-order valence-electron chi connectivity index (χ1n) is 13.0. The van der Waals surface area contributed by atoms with Gasteiger partial charge in [-0.15, -0.1) is 0 Å². The first-order valence-corrected chi connectivity index (χ1v) is 13.0. The minimum Gasteiger partial charge on any atom is -0.478 e. The van der Waals surface area contributed by atoms with Gasteiger partial charge < -0.3 is 14.7 Å². The van der Waals surface area contributed by atoms with E-state index in [9.17, 15) is 27.9 Å². The zero-order chi connectivity index (χ0) is 28.3. The molecule has 0 aliphatic heterocycles. The first kappa shape index (κ1) is 28.1. The van der Waals surface area contributed by atoms with Gasteiger partial charge >= 0.3 is 12.1 Å². The van der Waals surface area contributed by atoms with Gasteiger partial charge in [0.25, 0.3) is 0 Å². The summed E-state index contributed by atoms with van der Waals surface area (Å²) in [7, 11) is 0. The Kier molecular flexibility index (Phi) is 8.28. The van der Waals surface area contributed by atoms with Gasteiger partial charge in [-0.2, -0.15) is 13.2 Å². The van der Waals surface area contributed by atoms with E-state index in [0.29, 0.717) is 17.0 Å². The molecule has 0 radical (unpaired) electrons. The second-order valence-corrected chi connectivity index (χ2v) is 10.3. The maximum absolute atomic E-state index is 14.0. The molecule has 4 rings (SSSR count). The largest absolute Gasteiger partial charge is 0.478 e. The van der Waals surface area contributed by atoms with E-state index in [0.717, 1.165) is 31.7 Å². The molecule has 0 spiro atoms. The lowest BCUT2D eigenvalue weighted by Gasteiger charge is -2.34. The highest BCUT2D eigenvalue weighted by atomic mass is 19.4. The van der Waals surface area contributed by atoms with Crippen LogP contribution in [-0.4, -0.2) is 28.0 Å². The van der Waals surface area contributed by atoms with Crippen LogP contribution in [-0.2, 0) is 11.0 Å². The predicted octanol–water partition coefficient (Wildman–Crippen LogP) is 7.83. The number of carboxylic acid groups (broad SMARTS) is 1. The Morgan fingerprint density at radius 1 is 0.974 bits per heavy atom. The Bertz CT molecular complexity index is 1330. The summed E-state index contributed by atoms with van der Waals surface area (Å²) < 4.78 is 47.5. The lowest BCUT2D eigenvalue weighted by Crippen LogP contribution is -2.42. The monoisotopic (exact) mass is 540 g/mol. The summed E-state index contributed by atoms with van der Waals surface area (Å²) in [6.07, 6.45) is 1.60. The number of rotatable bonds is 7. The number of carboxylic acids is 1. The Labute approximate surface area is 225 Å². The molecule has 9 heteroatoms. The second kappa shape index (κ2) is 11.5. The van der Waals surface area contributed by atoms with Crippen LogP contribution in [0.25, 0.3) is 11.1 Å². The van der Waals surface area contributed by atoms with Gasteiger partial charge in [0.1, 0.15) is 11.5 Å². The quantitative estimate of drug-likeness (QED) is 0.330. The number of anilines is 1. The van der Waals surface area contributed by atoms with Gasteiger partial charge in [-0.3, -0.25) is 9.78 Å². The molecular weight excluding hydrogens is 509 g/mol. The van der Waals surface area contributed by atoms with Gasteiger partial charge in [-0.25, -0.2) is 4.79 Å². The fourth-order valence-corrected chi connectivity index (χ4v) is 5.01. The van der Waals surface area contributed by atoms with Crippen LogP contribution in [0, 0.1) is 11.8 Å². The zero-order valence-corrected chi connectivity index (χ0v) is 22.0. The highest BCUT2D eigenvalue weighted by molar-refractivity contribution is 6.03. The molecule has 1 aliphatic rings. The molecule has 39 heavy (non-hydrogen) atoms. The summed E-state index contributed by atoms with van der Waals surface area (Å²) in [5.74, 6) is -1.64. The van der Waals surface area contributed by atoms with E-state index in [-0.39, 0.29) is 34.9 Å². The first-order chi connectivity index (χ1) is 18.5. The van der Waals surface area contributed by atoms with Crippen molar-refractivity contribution >= 4 is 17.6 Å². The van der Waals surface area contributed by atoms with Gasteiger partial charge in [-0.05, 0) is 99.0 Å². The Morgan fingerprint density at radius 2 is 1.64 bits per heavy atom. The number of alkyl halides is 3. The maximum Gasteiger partial charge on any atom is 0.420 e. The van der Waals surface area contributed by atoms with Crippen LogP contribution < -0.4 is 9.64 Å². The average molecular weight is 541 g/mol. The van der Waals surface area contributed by atoms with E-state index in [1.165, 1.54) is 47.6 Å². The number of hydrogen-bond acceptors (Lipinski definition) is 4. The third-order valence-electron chi connectivity index (χ3n) is 7.10. The maximum atomic E-state index is 14.0. The number of hydrogen-bond donors (Lipinski definition) is 1. The highest BCUT2D eigenvalue weighted by Gasteiger charge is 2.36. The van der Waals surface area contributed by atoms with Crippen LogP contribution >= 0.6 is 0 Å². The lowest BCUT2D eigenvalue weighted by molar-refractivity contribution is -0.138. The van der Waals surface area contributed by atoms with Crippen molar-refractivity contribution < 1.29 is 32.6 Å². The van der Waals surface area contributed by atoms with Crippen LogP contribution in [0.2, 0.25) is 0 Å². The molecule has 1 fully saturated rings. The number of halogens is 3. The van der Waals surface area contributed by atoms with Gasteiger partial charge in [0, 0.05) is 24.4 Å². The fourth-order valence-electron chi connectivity index (χ4n) is 5.01. The van der Waals surface area contributed by atoms with E-state index in [1.54, 1.807) is 26.0 Å². The fraction of sp³-hybridized carbons (Fsp3) is 0.367. The summed E-state index contributed by atoms with van der Waals surface area (Å²) in [6, 6.07) is 10.6. The van der Waals surface area contributed by atoms with Crippen LogP contribution in [0.15, 0.2) is 60.9 Å². The minimum absolute atomic E-state index is 0.0824. The molecule has 3 aromatic rings. The topological polar surface area (TPSA) is 79.7 Å². The van der Waals surface area contributed by atoms with Crippen molar-refractivity contribution in [1.29, 1.82) is 0 Å². The van der Waals surface area contributed by atoms with Crippen molar-refractivity contribution in [2.24, 2.45) is 11.8 Å². The number of pyridine rings is 1. The molecule has 1 heterocycles. The summed E-state index contributed by atoms with van der Waals surface area (Å²) in [6.45, 7) is 5.76. The third-order valence-corrected chi connectivity index (χ3v) is 7.10. The van der Waals surface area contributed by atoms with Gasteiger partial charge in [0.15, 0.2) is 0 Å². The van der Waals surface area contributed by atoms with Gasteiger partial charge in [0.05, 0.1) is 16.8 Å². The standard InChI is InChI=1S/C30H31F3N2O4/c1-18(2)35(28(36)21-6-4-19(3)5-7-21)26-10-9-23(17-24(26)29(37)38)39-27-11-8-22(16-25(27)30(31,32)33)20-12-14-34-15-13-20/h8-19,21H,4-7H2,1-3H3,(H,37,38)/t19-,21-. The number of carbonyl (C=O) groups is 2. The SMILES string of the molecule is CC(C)N(c1ccc(Oc2ccc(-c3ccncc3)cc2C(F)(F)F)cc1C(=O)O)C(=O)[C@H]1CC[C@H](C)CC1. The molecule has 0 unspecified atom stereocenters. The highest BCUT2D eigenvalue weighted by Crippen LogP contribution is 2.41. The summed E-state index contributed by atoms with van der Waals surface area (Å²) >= 11 is 0. The normalized spacial score (nSPS) is 17.6. The third kappa shape index (κ3) is 6.41. The van der Waals surface area contributed by atoms with Crippen LogP contribution in [0.4, 0.5) is 18.9 Å². The lowest BCUT2D eigenvalue weighted by atomic mass is 9.82. The number of amides is 1. The van der Waals surface area contributed by atoms with Crippen molar-refractivity contribution in [2.75, 3.05) is 4.90 Å². The minimum atomic E-state index is -4.72. The second-order valence-electron chi connectivity index (χ2n) is 10.3. The van der Waals surface area contributed by atoms with E-state index < -0.39 is 23.5 Å². The number of aromatic nitrogens is 1. The molecule has 2 aromatic carbocycles. The van der Waals surface area contributed by atoms with E-state index in [2.05, 4.69) is 11.9 Å². The molecule has 6 nitrogen and oxygen atoms in total. The van der Waals surface area contributed by atoms with Crippen molar-refractivity contribution in [1.82, 2.24) is 4.98 Å². The molecule has 1 saturated carbocycles. The molecule has 0 atom stereocenters. The van der Waals surface area contributed by atoms with Crippen molar-refractivity contribution in [2.45, 2.75) is 58.7 Å². The van der Waals surface area contributed by atoms with E-state index >= 15 is 0 Å². The van der Waals surface area contributed by atoms with Gasteiger partial charge in [0.2, 0.25) is 5.91 Å². The van der Waals surface area contributed by atoms with Crippen LogP contribution in [0.1, 0.15) is 62.4 Å². The molecule has 1 amide bonds. The average Bonchev–Trinajstić information content (AvgIpc) is 2.89. The number of aromatic carboxylic acids is 1.